The van der Waals surface area contributed by atoms with E-state index in [2.05, 4.69) is 4.74 Å². The maximum atomic E-state index is 11.4. The molecular formula is C12H16N2O4. The van der Waals surface area contributed by atoms with Crippen LogP contribution in [0.15, 0.2) is 30.3 Å². The van der Waals surface area contributed by atoms with Crippen molar-refractivity contribution in [1.82, 2.24) is 5.06 Å². The molecule has 98 valence electrons. The van der Waals surface area contributed by atoms with Gasteiger partial charge in [-0.2, -0.15) is 5.06 Å². The van der Waals surface area contributed by atoms with E-state index in [0.717, 1.165) is 12.0 Å². The average molecular weight is 252 g/mol. The van der Waals surface area contributed by atoms with Crippen LogP contribution in [-0.2, 0) is 16.0 Å². The Labute approximate surface area is 105 Å². The highest BCUT2D eigenvalue weighted by Crippen LogP contribution is 2.05. The lowest BCUT2D eigenvalue weighted by atomic mass is 10.1. The van der Waals surface area contributed by atoms with Gasteiger partial charge in [-0.3, -0.25) is 10.0 Å². The number of carbonyl (C=O) groups is 2. The fourth-order valence-electron chi connectivity index (χ4n) is 1.41. The standard InChI is InChI=1S/C12H16N2O4/c13-12(16)18-9-14(17)11(15)8-4-7-10-5-2-1-3-6-10/h1-3,5-6,17H,4,7-9H2,(H2,13,16). The van der Waals surface area contributed by atoms with Gasteiger partial charge in [-0.05, 0) is 18.4 Å². The molecule has 0 aliphatic rings. The molecule has 0 heterocycles. The highest BCUT2D eigenvalue weighted by Gasteiger charge is 2.11. The molecule has 0 bridgehead atoms. The number of hydrogen-bond donors (Lipinski definition) is 2. The predicted molar refractivity (Wildman–Crippen MR) is 63.5 cm³/mol. The summed E-state index contributed by atoms with van der Waals surface area (Å²) >= 11 is 0. The molecule has 6 heteroatoms. The first-order chi connectivity index (χ1) is 8.59. The summed E-state index contributed by atoms with van der Waals surface area (Å²) in [5, 5.41) is 9.56. The summed E-state index contributed by atoms with van der Waals surface area (Å²) in [7, 11) is 0. The second-order valence-electron chi connectivity index (χ2n) is 3.72. The molecule has 0 unspecified atom stereocenters. The molecule has 0 saturated carbocycles. The van der Waals surface area contributed by atoms with Crippen LogP contribution in [0, 0.1) is 0 Å². The molecule has 0 atom stereocenters. The van der Waals surface area contributed by atoms with Crippen LogP contribution in [0.5, 0.6) is 0 Å². The van der Waals surface area contributed by atoms with E-state index in [1.165, 1.54) is 0 Å². The molecule has 18 heavy (non-hydrogen) atoms. The van der Waals surface area contributed by atoms with Gasteiger partial charge in [0, 0.05) is 6.42 Å². The van der Waals surface area contributed by atoms with Crippen molar-refractivity contribution in [3.8, 4) is 0 Å². The Morgan fingerprint density at radius 2 is 1.94 bits per heavy atom. The Balaban J connectivity index is 2.22. The molecule has 1 aromatic carbocycles. The van der Waals surface area contributed by atoms with E-state index >= 15 is 0 Å². The van der Waals surface area contributed by atoms with Crippen molar-refractivity contribution in [2.24, 2.45) is 5.73 Å². The van der Waals surface area contributed by atoms with Crippen molar-refractivity contribution in [3.05, 3.63) is 35.9 Å². The molecule has 0 fully saturated rings. The van der Waals surface area contributed by atoms with E-state index in [0.29, 0.717) is 11.5 Å². The van der Waals surface area contributed by atoms with Crippen LogP contribution >= 0.6 is 0 Å². The summed E-state index contributed by atoms with van der Waals surface area (Å²) in [6, 6.07) is 9.71. The molecule has 0 saturated heterocycles. The fraction of sp³-hybridized carbons (Fsp3) is 0.333. The number of rotatable bonds is 6. The molecule has 2 amide bonds. The lowest BCUT2D eigenvalue weighted by molar-refractivity contribution is -0.180. The first-order valence-electron chi connectivity index (χ1n) is 5.55. The third-order valence-electron chi connectivity index (χ3n) is 2.32. The zero-order valence-corrected chi connectivity index (χ0v) is 9.91. The van der Waals surface area contributed by atoms with Gasteiger partial charge < -0.3 is 10.5 Å². The second-order valence-corrected chi connectivity index (χ2v) is 3.72. The van der Waals surface area contributed by atoms with Crippen molar-refractivity contribution in [2.75, 3.05) is 6.73 Å². The molecule has 0 radical (unpaired) electrons. The van der Waals surface area contributed by atoms with E-state index in [1.807, 2.05) is 30.3 Å². The number of carbonyl (C=O) groups excluding carboxylic acids is 2. The first kappa shape index (κ1) is 14.0. The van der Waals surface area contributed by atoms with Crippen molar-refractivity contribution in [2.45, 2.75) is 19.3 Å². The Kier molecular flexibility index (Phi) is 5.66. The van der Waals surface area contributed by atoms with Crippen LogP contribution in [0.2, 0.25) is 0 Å². The minimum absolute atomic E-state index is 0.174. The van der Waals surface area contributed by atoms with E-state index < -0.39 is 18.7 Å². The third kappa shape index (κ3) is 5.31. The van der Waals surface area contributed by atoms with E-state index in [1.54, 1.807) is 0 Å². The van der Waals surface area contributed by atoms with Gasteiger partial charge in [0.15, 0.2) is 6.73 Å². The maximum Gasteiger partial charge on any atom is 0.406 e. The molecule has 0 spiro atoms. The maximum absolute atomic E-state index is 11.4. The number of hydroxylamine groups is 2. The van der Waals surface area contributed by atoms with Gasteiger partial charge in [0.2, 0.25) is 5.91 Å². The number of nitrogens with two attached hydrogens (primary N) is 1. The number of hydrogen-bond acceptors (Lipinski definition) is 4. The van der Waals surface area contributed by atoms with Gasteiger partial charge >= 0.3 is 6.09 Å². The Morgan fingerprint density at radius 1 is 1.28 bits per heavy atom. The smallest absolute Gasteiger partial charge is 0.406 e. The zero-order chi connectivity index (χ0) is 13.4. The fourth-order valence-corrected chi connectivity index (χ4v) is 1.41. The van der Waals surface area contributed by atoms with Gasteiger partial charge in [0.05, 0.1) is 0 Å². The van der Waals surface area contributed by atoms with Gasteiger partial charge in [0.1, 0.15) is 0 Å². The molecule has 1 rings (SSSR count). The molecule has 0 aromatic heterocycles. The largest absolute Gasteiger partial charge is 0.426 e. The van der Waals surface area contributed by atoms with Crippen molar-refractivity contribution < 1.29 is 19.5 Å². The van der Waals surface area contributed by atoms with Gasteiger partial charge in [-0.15, -0.1) is 0 Å². The first-order valence-corrected chi connectivity index (χ1v) is 5.55. The highest BCUT2D eigenvalue weighted by molar-refractivity contribution is 5.75. The zero-order valence-electron chi connectivity index (χ0n) is 9.91. The number of ether oxygens (including phenoxy) is 1. The van der Waals surface area contributed by atoms with Crippen LogP contribution in [0.1, 0.15) is 18.4 Å². The van der Waals surface area contributed by atoms with Crippen molar-refractivity contribution in [3.63, 3.8) is 0 Å². The second kappa shape index (κ2) is 7.29. The van der Waals surface area contributed by atoms with Gasteiger partial charge in [0.25, 0.3) is 0 Å². The predicted octanol–water partition coefficient (Wildman–Crippen LogP) is 1.28. The number of nitrogens with zero attached hydrogens (tertiary/aromatic N) is 1. The van der Waals surface area contributed by atoms with Gasteiger partial charge in [-0.25, -0.2) is 4.79 Å². The number of amides is 2. The minimum atomic E-state index is -1.04. The summed E-state index contributed by atoms with van der Waals surface area (Å²) in [6.45, 7) is -0.542. The SMILES string of the molecule is NC(=O)OCN(O)C(=O)CCCc1ccccc1. The average Bonchev–Trinajstić information content (AvgIpc) is 2.37. The third-order valence-corrected chi connectivity index (χ3v) is 2.32. The summed E-state index contributed by atoms with van der Waals surface area (Å²) < 4.78 is 4.28. The number of primary amides is 1. The van der Waals surface area contributed by atoms with Crippen LogP contribution in [0.3, 0.4) is 0 Å². The molecule has 0 aliphatic heterocycles. The molecular weight excluding hydrogens is 236 g/mol. The normalized spacial score (nSPS) is 9.83. The van der Waals surface area contributed by atoms with Gasteiger partial charge in [-0.1, -0.05) is 30.3 Å². The Morgan fingerprint density at radius 3 is 2.56 bits per heavy atom. The molecule has 0 aliphatic carbocycles. The van der Waals surface area contributed by atoms with Crippen LogP contribution in [0.4, 0.5) is 4.79 Å². The summed E-state index contributed by atoms with van der Waals surface area (Å²) in [4.78, 5) is 21.7. The molecule has 1 aromatic rings. The molecule has 3 N–H and O–H groups in total. The van der Waals surface area contributed by atoms with Crippen LogP contribution in [0.25, 0.3) is 0 Å². The summed E-state index contributed by atoms with van der Waals surface area (Å²) in [6.07, 6.45) is 0.493. The minimum Gasteiger partial charge on any atom is -0.426 e. The van der Waals surface area contributed by atoms with E-state index in [9.17, 15) is 14.8 Å². The topological polar surface area (TPSA) is 92.9 Å². The lowest BCUT2D eigenvalue weighted by Gasteiger charge is -2.13. The van der Waals surface area contributed by atoms with Crippen molar-refractivity contribution in [1.29, 1.82) is 0 Å². The van der Waals surface area contributed by atoms with Crippen molar-refractivity contribution >= 4 is 12.0 Å². The van der Waals surface area contributed by atoms with Crippen LogP contribution < -0.4 is 5.73 Å². The number of benzene rings is 1. The highest BCUT2D eigenvalue weighted by atomic mass is 16.6. The molecule has 6 nitrogen and oxygen atoms in total. The quantitative estimate of drug-likeness (QED) is 0.453. The summed E-state index contributed by atoms with van der Waals surface area (Å²) in [5.41, 5.74) is 5.83. The van der Waals surface area contributed by atoms with E-state index in [-0.39, 0.29) is 6.42 Å². The van der Waals surface area contributed by atoms with Crippen LogP contribution in [-0.4, -0.2) is 29.0 Å². The monoisotopic (exact) mass is 252 g/mol. The number of aryl methyl sites for hydroxylation is 1. The summed E-state index contributed by atoms with van der Waals surface area (Å²) in [5.74, 6) is -0.507. The lowest BCUT2D eigenvalue weighted by Crippen LogP contribution is -2.32. The Hall–Kier alpha value is -2.08. The Bertz CT molecular complexity index is 394. The van der Waals surface area contributed by atoms with E-state index in [4.69, 9.17) is 5.73 Å².